The van der Waals surface area contributed by atoms with Crippen molar-refractivity contribution in [1.29, 1.82) is 0 Å². The average Bonchev–Trinajstić information content (AvgIpc) is 2.04. The minimum atomic E-state index is -1.13. The topological polar surface area (TPSA) is 69.1 Å². The Labute approximate surface area is 81.7 Å². The van der Waals surface area contributed by atoms with Gasteiger partial charge in [-0.15, -0.1) is 0 Å². The van der Waals surface area contributed by atoms with Crippen LogP contribution in [0, 0.1) is 0 Å². The van der Waals surface area contributed by atoms with E-state index in [1.807, 2.05) is 0 Å². The van der Waals surface area contributed by atoms with Gasteiger partial charge in [0, 0.05) is 5.02 Å². The summed E-state index contributed by atoms with van der Waals surface area (Å²) in [6, 6.07) is 6.72. The molecule has 1 unspecified atom stereocenters. The average molecular weight is 199 g/mol. The van der Waals surface area contributed by atoms with Crippen LogP contribution in [0.4, 0.5) is 0 Å². The van der Waals surface area contributed by atoms with Gasteiger partial charge in [-0.25, -0.2) is 0 Å². The zero-order valence-corrected chi connectivity index (χ0v) is 8.01. The van der Waals surface area contributed by atoms with Gasteiger partial charge < -0.3 is 11.5 Å². The van der Waals surface area contributed by atoms with Crippen molar-refractivity contribution in [2.24, 2.45) is 11.5 Å². The summed E-state index contributed by atoms with van der Waals surface area (Å²) in [4.78, 5) is 11.0. The van der Waals surface area contributed by atoms with Crippen molar-refractivity contribution < 1.29 is 4.79 Å². The zero-order valence-electron chi connectivity index (χ0n) is 7.25. The first-order chi connectivity index (χ1) is 5.94. The highest BCUT2D eigenvalue weighted by Gasteiger charge is 2.27. The van der Waals surface area contributed by atoms with Crippen molar-refractivity contribution in [2.75, 3.05) is 0 Å². The first-order valence-corrected chi connectivity index (χ1v) is 4.17. The minimum Gasteiger partial charge on any atom is -0.368 e. The number of hydrogen-bond donors (Lipinski definition) is 2. The molecule has 0 saturated carbocycles. The fraction of sp³-hybridized carbons (Fsp3) is 0.222. The Hall–Kier alpha value is -1.06. The summed E-state index contributed by atoms with van der Waals surface area (Å²) >= 11 is 5.68. The van der Waals surface area contributed by atoms with Crippen LogP contribution in [0.15, 0.2) is 24.3 Å². The highest BCUT2D eigenvalue weighted by molar-refractivity contribution is 6.30. The van der Waals surface area contributed by atoms with Crippen LogP contribution in [0.1, 0.15) is 12.5 Å². The Morgan fingerprint density at radius 3 is 2.23 bits per heavy atom. The van der Waals surface area contributed by atoms with Crippen LogP contribution in [-0.4, -0.2) is 5.91 Å². The first kappa shape index (κ1) is 10.0. The quantitative estimate of drug-likeness (QED) is 0.745. The van der Waals surface area contributed by atoms with Crippen molar-refractivity contribution >= 4 is 17.5 Å². The second kappa shape index (κ2) is 3.36. The molecule has 1 amide bonds. The van der Waals surface area contributed by atoms with Gasteiger partial charge in [0.2, 0.25) is 5.91 Å². The smallest absolute Gasteiger partial charge is 0.241 e. The lowest BCUT2D eigenvalue weighted by atomic mass is 9.93. The monoisotopic (exact) mass is 198 g/mol. The van der Waals surface area contributed by atoms with E-state index in [-0.39, 0.29) is 0 Å². The number of benzene rings is 1. The van der Waals surface area contributed by atoms with Gasteiger partial charge in [-0.3, -0.25) is 4.79 Å². The van der Waals surface area contributed by atoms with E-state index in [1.54, 1.807) is 31.2 Å². The van der Waals surface area contributed by atoms with E-state index in [2.05, 4.69) is 0 Å². The van der Waals surface area contributed by atoms with Crippen LogP contribution in [0.5, 0.6) is 0 Å². The van der Waals surface area contributed by atoms with E-state index in [0.29, 0.717) is 10.6 Å². The molecular weight excluding hydrogens is 188 g/mol. The van der Waals surface area contributed by atoms with Crippen LogP contribution in [0.2, 0.25) is 5.02 Å². The summed E-state index contributed by atoms with van der Waals surface area (Å²) in [6.07, 6.45) is 0. The molecule has 0 bridgehead atoms. The number of nitrogens with two attached hydrogens (primary N) is 2. The Kier molecular flexibility index (Phi) is 2.59. The lowest BCUT2D eigenvalue weighted by molar-refractivity contribution is -0.122. The molecule has 3 nitrogen and oxygen atoms in total. The van der Waals surface area contributed by atoms with Crippen LogP contribution in [0.25, 0.3) is 0 Å². The highest BCUT2D eigenvalue weighted by atomic mass is 35.5. The number of carbonyl (C=O) groups excluding carboxylic acids is 1. The van der Waals surface area contributed by atoms with E-state index in [0.717, 1.165) is 0 Å². The third-order valence-corrected chi connectivity index (χ3v) is 2.21. The SMILES string of the molecule is CC(N)(C(N)=O)c1ccc(Cl)cc1. The Bertz CT molecular complexity index is 319. The number of amides is 1. The maximum absolute atomic E-state index is 11.0. The molecule has 1 atom stereocenters. The second-order valence-electron chi connectivity index (χ2n) is 3.07. The number of rotatable bonds is 2. The minimum absolute atomic E-state index is 0.560. The van der Waals surface area contributed by atoms with E-state index >= 15 is 0 Å². The predicted octanol–water partition coefficient (Wildman–Crippen LogP) is 0.999. The molecule has 4 N–H and O–H groups in total. The summed E-state index contributed by atoms with van der Waals surface area (Å²) in [5, 5.41) is 0.601. The van der Waals surface area contributed by atoms with Gasteiger partial charge in [0.15, 0.2) is 0 Å². The predicted molar refractivity (Wildman–Crippen MR) is 52.2 cm³/mol. The zero-order chi connectivity index (χ0) is 10.1. The van der Waals surface area contributed by atoms with Crippen LogP contribution < -0.4 is 11.5 Å². The molecule has 0 heterocycles. The number of carbonyl (C=O) groups is 1. The fourth-order valence-electron chi connectivity index (χ4n) is 0.938. The molecule has 0 fully saturated rings. The third kappa shape index (κ3) is 1.99. The molecule has 0 aliphatic carbocycles. The molecule has 70 valence electrons. The fourth-order valence-corrected chi connectivity index (χ4v) is 1.06. The van der Waals surface area contributed by atoms with E-state index in [4.69, 9.17) is 23.1 Å². The molecule has 1 aromatic rings. The molecule has 1 rings (SSSR count). The standard InChI is InChI=1S/C9H11ClN2O/c1-9(12,8(11)13)6-2-4-7(10)5-3-6/h2-5H,12H2,1H3,(H2,11,13). The molecule has 0 aromatic heterocycles. The lowest BCUT2D eigenvalue weighted by Crippen LogP contribution is -2.46. The van der Waals surface area contributed by atoms with Crippen molar-refractivity contribution in [2.45, 2.75) is 12.5 Å². The molecular formula is C9H11ClN2O. The third-order valence-electron chi connectivity index (χ3n) is 1.96. The van der Waals surface area contributed by atoms with Gasteiger partial charge in [-0.1, -0.05) is 23.7 Å². The summed E-state index contributed by atoms with van der Waals surface area (Å²) in [6.45, 7) is 1.57. The number of hydrogen-bond acceptors (Lipinski definition) is 2. The van der Waals surface area contributed by atoms with Gasteiger partial charge in [-0.05, 0) is 24.6 Å². The normalized spacial score (nSPS) is 15.0. The van der Waals surface area contributed by atoms with Crippen molar-refractivity contribution in [3.8, 4) is 0 Å². The summed E-state index contributed by atoms with van der Waals surface area (Å²) < 4.78 is 0. The number of primary amides is 1. The van der Waals surface area contributed by atoms with Crippen molar-refractivity contribution in [3.63, 3.8) is 0 Å². The lowest BCUT2D eigenvalue weighted by Gasteiger charge is -2.20. The Morgan fingerprint density at radius 1 is 1.38 bits per heavy atom. The molecule has 0 radical (unpaired) electrons. The molecule has 4 heteroatoms. The van der Waals surface area contributed by atoms with Crippen LogP contribution >= 0.6 is 11.6 Å². The molecule has 1 aromatic carbocycles. The molecule has 13 heavy (non-hydrogen) atoms. The van der Waals surface area contributed by atoms with Gasteiger partial charge in [0.1, 0.15) is 5.54 Å². The largest absolute Gasteiger partial charge is 0.368 e. The summed E-state index contributed by atoms with van der Waals surface area (Å²) in [5.74, 6) is -0.560. The maximum Gasteiger partial charge on any atom is 0.241 e. The summed E-state index contributed by atoms with van der Waals surface area (Å²) in [5.41, 5.74) is 10.4. The van der Waals surface area contributed by atoms with E-state index < -0.39 is 11.4 Å². The van der Waals surface area contributed by atoms with Gasteiger partial charge in [-0.2, -0.15) is 0 Å². The molecule has 0 saturated heterocycles. The molecule has 0 spiro atoms. The molecule has 0 aliphatic rings. The summed E-state index contributed by atoms with van der Waals surface area (Å²) in [7, 11) is 0. The van der Waals surface area contributed by atoms with E-state index in [1.165, 1.54) is 0 Å². The Balaban J connectivity index is 3.08. The second-order valence-corrected chi connectivity index (χ2v) is 3.51. The highest BCUT2D eigenvalue weighted by Crippen LogP contribution is 2.19. The van der Waals surface area contributed by atoms with Gasteiger partial charge in [0.05, 0.1) is 0 Å². The van der Waals surface area contributed by atoms with Crippen LogP contribution in [0.3, 0.4) is 0 Å². The van der Waals surface area contributed by atoms with E-state index in [9.17, 15) is 4.79 Å². The molecule has 0 aliphatic heterocycles. The van der Waals surface area contributed by atoms with Crippen molar-refractivity contribution in [1.82, 2.24) is 0 Å². The van der Waals surface area contributed by atoms with Crippen molar-refractivity contribution in [3.05, 3.63) is 34.9 Å². The first-order valence-electron chi connectivity index (χ1n) is 3.79. The van der Waals surface area contributed by atoms with Gasteiger partial charge >= 0.3 is 0 Å². The number of halogens is 1. The Morgan fingerprint density at radius 2 is 1.85 bits per heavy atom. The van der Waals surface area contributed by atoms with Crippen LogP contribution in [-0.2, 0) is 10.3 Å². The maximum atomic E-state index is 11.0. The van der Waals surface area contributed by atoms with Gasteiger partial charge in [0.25, 0.3) is 0 Å².